The van der Waals surface area contributed by atoms with Crippen molar-refractivity contribution in [2.24, 2.45) is 0 Å². The number of hydrogen-bond acceptors (Lipinski definition) is 3. The van der Waals surface area contributed by atoms with Crippen molar-refractivity contribution in [3.05, 3.63) is 56.8 Å². The molecule has 2 amide bonds. The van der Waals surface area contributed by atoms with E-state index in [-0.39, 0.29) is 17.6 Å². The summed E-state index contributed by atoms with van der Waals surface area (Å²) in [7, 11) is 0. The summed E-state index contributed by atoms with van der Waals surface area (Å²) >= 11 is 1.72. The number of thiophene rings is 1. The predicted octanol–water partition coefficient (Wildman–Crippen LogP) is 3.62. The van der Waals surface area contributed by atoms with Gasteiger partial charge in [-0.2, -0.15) is 0 Å². The predicted molar refractivity (Wildman–Crippen MR) is 91.0 cm³/mol. The molecule has 1 unspecified atom stereocenters. The van der Waals surface area contributed by atoms with E-state index in [1.165, 1.54) is 21.9 Å². The first-order valence-electron chi connectivity index (χ1n) is 7.30. The number of amides is 2. The number of carboxylic acids is 1. The minimum Gasteiger partial charge on any atom is -0.478 e. The van der Waals surface area contributed by atoms with E-state index in [2.05, 4.69) is 23.6 Å². The summed E-state index contributed by atoms with van der Waals surface area (Å²) in [5.41, 5.74) is 2.21. The van der Waals surface area contributed by atoms with Gasteiger partial charge in [0.05, 0.1) is 11.6 Å². The molecule has 0 aliphatic heterocycles. The van der Waals surface area contributed by atoms with E-state index >= 15 is 0 Å². The number of nitrogens with one attached hydrogen (secondary N) is 2. The van der Waals surface area contributed by atoms with Crippen LogP contribution in [0.5, 0.6) is 0 Å². The van der Waals surface area contributed by atoms with Crippen LogP contribution in [0.15, 0.2) is 30.3 Å². The third-order valence-electron chi connectivity index (χ3n) is 3.55. The van der Waals surface area contributed by atoms with Crippen molar-refractivity contribution in [1.82, 2.24) is 10.6 Å². The molecule has 0 aliphatic carbocycles. The Morgan fingerprint density at radius 2 is 1.87 bits per heavy atom. The van der Waals surface area contributed by atoms with E-state index in [0.717, 1.165) is 11.1 Å². The van der Waals surface area contributed by atoms with Crippen molar-refractivity contribution in [3.63, 3.8) is 0 Å². The molecule has 0 radical (unpaired) electrons. The molecule has 0 aliphatic rings. The van der Waals surface area contributed by atoms with Gasteiger partial charge in [0.25, 0.3) is 0 Å². The lowest BCUT2D eigenvalue weighted by Crippen LogP contribution is -2.36. The zero-order chi connectivity index (χ0) is 17.0. The molecular weight excluding hydrogens is 312 g/mol. The maximum Gasteiger partial charge on any atom is 0.335 e. The molecule has 3 N–H and O–H groups in total. The van der Waals surface area contributed by atoms with E-state index in [1.54, 1.807) is 23.5 Å². The van der Waals surface area contributed by atoms with Gasteiger partial charge in [-0.25, -0.2) is 9.59 Å². The zero-order valence-corrected chi connectivity index (χ0v) is 14.2. The van der Waals surface area contributed by atoms with Crippen LogP contribution in [-0.2, 0) is 6.54 Å². The van der Waals surface area contributed by atoms with Gasteiger partial charge in [0, 0.05) is 16.3 Å². The topological polar surface area (TPSA) is 78.4 Å². The molecule has 0 spiro atoms. The van der Waals surface area contributed by atoms with Crippen molar-refractivity contribution >= 4 is 23.3 Å². The number of benzene rings is 1. The van der Waals surface area contributed by atoms with Crippen LogP contribution in [0.4, 0.5) is 4.79 Å². The summed E-state index contributed by atoms with van der Waals surface area (Å²) in [4.78, 5) is 25.2. The van der Waals surface area contributed by atoms with Crippen LogP contribution in [-0.4, -0.2) is 17.1 Å². The molecule has 1 aromatic carbocycles. The van der Waals surface area contributed by atoms with Gasteiger partial charge in [-0.1, -0.05) is 12.1 Å². The molecule has 0 saturated carbocycles. The quantitative estimate of drug-likeness (QED) is 0.782. The first-order valence-corrected chi connectivity index (χ1v) is 8.12. The number of carbonyl (C=O) groups excluding carboxylic acids is 1. The molecule has 1 atom stereocenters. The van der Waals surface area contributed by atoms with Crippen LogP contribution in [0.25, 0.3) is 0 Å². The van der Waals surface area contributed by atoms with Crippen LogP contribution >= 0.6 is 11.3 Å². The van der Waals surface area contributed by atoms with Crippen LogP contribution in [0, 0.1) is 13.8 Å². The highest BCUT2D eigenvalue weighted by Crippen LogP contribution is 2.25. The summed E-state index contributed by atoms with van der Waals surface area (Å²) in [5.74, 6) is -0.961. The van der Waals surface area contributed by atoms with Gasteiger partial charge < -0.3 is 15.7 Å². The molecule has 0 bridgehead atoms. The first-order chi connectivity index (χ1) is 10.9. The van der Waals surface area contributed by atoms with Crippen LogP contribution in [0.1, 0.15) is 44.2 Å². The summed E-state index contributed by atoms with van der Waals surface area (Å²) in [5, 5.41) is 14.5. The molecule has 5 nitrogen and oxygen atoms in total. The SMILES string of the molecule is Cc1cc(C(C)NC(=O)NCc2ccc(C(=O)O)cc2)c(C)s1. The molecule has 2 rings (SSSR count). The van der Waals surface area contributed by atoms with E-state index in [0.29, 0.717) is 6.54 Å². The molecule has 2 aromatic rings. The Bertz CT molecular complexity index is 707. The molecule has 0 fully saturated rings. The molecule has 1 aromatic heterocycles. The monoisotopic (exact) mass is 332 g/mol. The summed E-state index contributed by atoms with van der Waals surface area (Å²) in [6.45, 7) is 6.40. The summed E-state index contributed by atoms with van der Waals surface area (Å²) in [6.07, 6.45) is 0. The fourth-order valence-corrected chi connectivity index (χ4v) is 3.38. The van der Waals surface area contributed by atoms with E-state index in [1.807, 2.05) is 13.8 Å². The number of rotatable bonds is 5. The minimum absolute atomic E-state index is 0.0608. The largest absolute Gasteiger partial charge is 0.478 e. The number of aryl methyl sites for hydroxylation is 2. The average molecular weight is 332 g/mol. The normalized spacial score (nSPS) is 11.8. The second kappa shape index (κ2) is 7.28. The van der Waals surface area contributed by atoms with E-state index < -0.39 is 5.97 Å². The lowest BCUT2D eigenvalue weighted by Gasteiger charge is -2.15. The van der Waals surface area contributed by atoms with E-state index in [4.69, 9.17) is 5.11 Å². The second-order valence-corrected chi connectivity index (χ2v) is 6.88. The van der Waals surface area contributed by atoms with Crippen molar-refractivity contribution in [2.75, 3.05) is 0 Å². The Balaban J connectivity index is 1.87. The molecule has 0 saturated heterocycles. The summed E-state index contributed by atoms with van der Waals surface area (Å²) < 4.78 is 0. The Morgan fingerprint density at radius 1 is 1.22 bits per heavy atom. The second-order valence-electron chi connectivity index (χ2n) is 5.42. The maximum atomic E-state index is 12.0. The highest BCUT2D eigenvalue weighted by molar-refractivity contribution is 7.12. The smallest absolute Gasteiger partial charge is 0.335 e. The van der Waals surface area contributed by atoms with Gasteiger partial charge in [0.15, 0.2) is 0 Å². The average Bonchev–Trinajstić information content (AvgIpc) is 2.84. The van der Waals surface area contributed by atoms with Crippen LogP contribution < -0.4 is 10.6 Å². The number of urea groups is 1. The number of aromatic carboxylic acids is 1. The number of hydrogen-bond donors (Lipinski definition) is 3. The van der Waals surface area contributed by atoms with Gasteiger partial charge in [0.2, 0.25) is 0 Å². The lowest BCUT2D eigenvalue weighted by molar-refractivity contribution is 0.0697. The van der Waals surface area contributed by atoms with Crippen LogP contribution in [0.2, 0.25) is 0 Å². The number of carbonyl (C=O) groups is 2. The van der Waals surface area contributed by atoms with Gasteiger partial charge in [-0.05, 0) is 50.1 Å². The zero-order valence-electron chi connectivity index (χ0n) is 13.3. The van der Waals surface area contributed by atoms with Crippen molar-refractivity contribution in [3.8, 4) is 0 Å². The van der Waals surface area contributed by atoms with Gasteiger partial charge in [-0.3, -0.25) is 0 Å². The maximum absolute atomic E-state index is 12.0. The highest BCUT2D eigenvalue weighted by atomic mass is 32.1. The summed E-state index contributed by atoms with van der Waals surface area (Å²) in [6, 6.07) is 8.22. The van der Waals surface area contributed by atoms with Crippen molar-refractivity contribution in [1.29, 1.82) is 0 Å². The standard InChI is InChI=1S/C17H20N2O3S/c1-10-8-15(12(3)23-10)11(2)19-17(22)18-9-13-4-6-14(7-5-13)16(20)21/h4-8,11H,9H2,1-3H3,(H,20,21)(H2,18,19,22). The fourth-order valence-electron chi connectivity index (χ4n) is 2.35. The Morgan fingerprint density at radius 3 is 2.39 bits per heavy atom. The highest BCUT2D eigenvalue weighted by Gasteiger charge is 2.13. The molecule has 23 heavy (non-hydrogen) atoms. The molecule has 1 heterocycles. The Labute approximate surface area is 139 Å². The Hall–Kier alpha value is -2.34. The first kappa shape index (κ1) is 17.0. The number of carboxylic acid groups (broad SMARTS) is 1. The lowest BCUT2D eigenvalue weighted by atomic mass is 10.1. The van der Waals surface area contributed by atoms with Gasteiger partial charge in [0.1, 0.15) is 0 Å². The molecule has 122 valence electrons. The van der Waals surface area contributed by atoms with Crippen molar-refractivity contribution in [2.45, 2.75) is 33.4 Å². The Kier molecular flexibility index (Phi) is 5.39. The third kappa shape index (κ3) is 4.56. The van der Waals surface area contributed by atoms with E-state index in [9.17, 15) is 9.59 Å². The van der Waals surface area contributed by atoms with Gasteiger partial charge in [-0.15, -0.1) is 11.3 Å². The third-order valence-corrected chi connectivity index (χ3v) is 4.53. The molecule has 6 heteroatoms. The van der Waals surface area contributed by atoms with Crippen molar-refractivity contribution < 1.29 is 14.7 Å². The minimum atomic E-state index is -0.961. The van der Waals surface area contributed by atoms with Crippen LogP contribution in [0.3, 0.4) is 0 Å². The molecular formula is C17H20N2O3S. The fraction of sp³-hybridized carbons (Fsp3) is 0.294. The van der Waals surface area contributed by atoms with Gasteiger partial charge >= 0.3 is 12.0 Å².